The van der Waals surface area contributed by atoms with Crippen LogP contribution in [0, 0.1) is 0 Å². The number of ether oxygens (including phenoxy) is 2. The van der Waals surface area contributed by atoms with Crippen LogP contribution in [0.25, 0.3) is 0 Å². The van der Waals surface area contributed by atoms with Crippen LogP contribution in [0.1, 0.15) is 19.4 Å². The highest BCUT2D eigenvalue weighted by Crippen LogP contribution is 2.34. The first kappa shape index (κ1) is 18.1. The fraction of sp³-hybridized carbons (Fsp3) is 0.625. The van der Waals surface area contributed by atoms with Crippen molar-refractivity contribution < 1.29 is 9.47 Å². The molecule has 0 unspecified atom stereocenters. The molecule has 21 heavy (non-hydrogen) atoms. The van der Waals surface area contributed by atoms with Gasteiger partial charge in [-0.05, 0) is 37.0 Å². The summed E-state index contributed by atoms with van der Waals surface area (Å²) in [4.78, 5) is 3.64. The zero-order chi connectivity index (χ0) is 15.7. The molecule has 4 nitrogen and oxygen atoms in total. The maximum Gasteiger partial charge on any atom is 0.161 e. The summed E-state index contributed by atoms with van der Waals surface area (Å²) in [6.45, 7) is 9.51. The molecule has 0 aliphatic carbocycles. The number of thioether (sulfide) groups is 1. The van der Waals surface area contributed by atoms with Gasteiger partial charge >= 0.3 is 0 Å². The second kappa shape index (κ2) is 9.92. The van der Waals surface area contributed by atoms with Gasteiger partial charge in [-0.15, -0.1) is 11.8 Å². The molecule has 1 aromatic carbocycles. The zero-order valence-corrected chi connectivity index (χ0v) is 14.7. The van der Waals surface area contributed by atoms with E-state index in [9.17, 15) is 0 Å². The minimum atomic E-state index is 0.786. The molecule has 0 saturated heterocycles. The number of rotatable bonds is 10. The highest BCUT2D eigenvalue weighted by molar-refractivity contribution is 7.98. The molecule has 0 heterocycles. The fourth-order valence-electron chi connectivity index (χ4n) is 2.23. The highest BCUT2D eigenvalue weighted by atomic mass is 32.2. The third-order valence-electron chi connectivity index (χ3n) is 3.60. The number of methoxy groups -OCH3 is 2. The SMILES string of the molecule is CCN(CC)CCNCc1cc(OC)c(OC)cc1SC. The number of nitrogens with one attached hydrogen (secondary N) is 1. The maximum atomic E-state index is 5.39. The van der Waals surface area contributed by atoms with Crippen molar-refractivity contribution in [2.45, 2.75) is 25.3 Å². The average molecular weight is 312 g/mol. The summed E-state index contributed by atoms with van der Waals surface area (Å²) >= 11 is 1.73. The molecule has 0 aliphatic rings. The van der Waals surface area contributed by atoms with E-state index in [1.165, 1.54) is 10.5 Å². The molecule has 0 amide bonds. The van der Waals surface area contributed by atoms with Crippen LogP contribution in [-0.4, -0.2) is 51.6 Å². The lowest BCUT2D eigenvalue weighted by Gasteiger charge is -2.19. The van der Waals surface area contributed by atoms with Crippen molar-refractivity contribution in [1.82, 2.24) is 10.2 Å². The van der Waals surface area contributed by atoms with Crippen molar-refractivity contribution >= 4 is 11.8 Å². The maximum absolute atomic E-state index is 5.39. The predicted molar refractivity (Wildman–Crippen MR) is 90.8 cm³/mol. The second-order valence-electron chi connectivity index (χ2n) is 4.72. The lowest BCUT2D eigenvalue weighted by molar-refractivity contribution is 0.302. The predicted octanol–water partition coefficient (Wildman–Crippen LogP) is 2.86. The van der Waals surface area contributed by atoms with Gasteiger partial charge in [-0.2, -0.15) is 0 Å². The molecular formula is C16H28N2O2S. The molecule has 0 saturated carbocycles. The summed E-state index contributed by atoms with van der Waals surface area (Å²) < 4.78 is 10.7. The molecule has 0 spiro atoms. The van der Waals surface area contributed by atoms with E-state index in [1.807, 2.05) is 6.07 Å². The Labute approximate surface area is 133 Å². The lowest BCUT2D eigenvalue weighted by atomic mass is 10.2. The van der Waals surface area contributed by atoms with Gasteiger partial charge in [0.2, 0.25) is 0 Å². The second-order valence-corrected chi connectivity index (χ2v) is 5.57. The third kappa shape index (κ3) is 5.41. The minimum Gasteiger partial charge on any atom is -0.493 e. The Morgan fingerprint density at radius 2 is 1.71 bits per heavy atom. The Kier molecular flexibility index (Phi) is 8.57. The van der Waals surface area contributed by atoms with Gasteiger partial charge in [-0.25, -0.2) is 0 Å². The minimum absolute atomic E-state index is 0.786. The average Bonchev–Trinajstić information content (AvgIpc) is 2.54. The fourth-order valence-corrected chi connectivity index (χ4v) is 2.85. The van der Waals surface area contributed by atoms with Crippen molar-refractivity contribution in [3.63, 3.8) is 0 Å². The Balaban J connectivity index is 2.65. The van der Waals surface area contributed by atoms with Crippen molar-refractivity contribution in [1.29, 1.82) is 0 Å². The van der Waals surface area contributed by atoms with E-state index in [-0.39, 0.29) is 0 Å². The van der Waals surface area contributed by atoms with Crippen molar-refractivity contribution in [2.24, 2.45) is 0 Å². The molecule has 0 aliphatic heterocycles. The number of hydrogen-bond donors (Lipinski definition) is 1. The highest BCUT2D eigenvalue weighted by Gasteiger charge is 2.10. The van der Waals surface area contributed by atoms with Crippen LogP contribution in [0.2, 0.25) is 0 Å². The van der Waals surface area contributed by atoms with Crippen LogP contribution in [0.4, 0.5) is 0 Å². The van der Waals surface area contributed by atoms with Gasteiger partial charge in [0.15, 0.2) is 11.5 Å². The quantitative estimate of drug-likeness (QED) is 0.531. The molecule has 0 bridgehead atoms. The Morgan fingerprint density at radius 3 is 2.24 bits per heavy atom. The van der Waals surface area contributed by atoms with Crippen LogP contribution >= 0.6 is 11.8 Å². The van der Waals surface area contributed by atoms with Gasteiger partial charge in [0.25, 0.3) is 0 Å². The first-order valence-corrected chi connectivity index (χ1v) is 8.64. The van der Waals surface area contributed by atoms with Crippen LogP contribution in [0.5, 0.6) is 11.5 Å². The normalized spacial score (nSPS) is 11.0. The molecule has 0 atom stereocenters. The monoisotopic (exact) mass is 312 g/mol. The molecule has 120 valence electrons. The number of likely N-dealkylation sites (N-methyl/N-ethyl adjacent to an activating group) is 1. The largest absolute Gasteiger partial charge is 0.493 e. The van der Waals surface area contributed by atoms with Crippen molar-refractivity contribution in [3.8, 4) is 11.5 Å². The smallest absolute Gasteiger partial charge is 0.161 e. The van der Waals surface area contributed by atoms with E-state index in [4.69, 9.17) is 9.47 Å². The summed E-state index contributed by atoms with van der Waals surface area (Å²) in [6.07, 6.45) is 2.08. The molecule has 1 aromatic rings. The van der Waals surface area contributed by atoms with Gasteiger partial charge in [-0.3, -0.25) is 0 Å². The van der Waals surface area contributed by atoms with Crippen molar-refractivity contribution in [2.75, 3.05) is 46.7 Å². The Morgan fingerprint density at radius 1 is 1.10 bits per heavy atom. The number of nitrogens with zero attached hydrogens (tertiary/aromatic N) is 1. The lowest BCUT2D eigenvalue weighted by Crippen LogP contribution is -2.31. The van der Waals surface area contributed by atoms with E-state index in [2.05, 4.69) is 36.4 Å². The Hall–Kier alpha value is -0.910. The molecule has 1 N–H and O–H groups in total. The van der Waals surface area contributed by atoms with E-state index in [0.717, 1.165) is 44.2 Å². The number of hydrogen-bond acceptors (Lipinski definition) is 5. The van der Waals surface area contributed by atoms with Gasteiger partial charge in [0.05, 0.1) is 14.2 Å². The summed E-state index contributed by atoms with van der Waals surface area (Å²) in [6, 6.07) is 4.11. The van der Waals surface area contributed by atoms with Crippen LogP contribution in [-0.2, 0) is 6.54 Å². The van der Waals surface area contributed by atoms with E-state index in [0.29, 0.717) is 0 Å². The van der Waals surface area contributed by atoms with Crippen LogP contribution < -0.4 is 14.8 Å². The molecule has 0 fully saturated rings. The summed E-state index contributed by atoms with van der Waals surface area (Å²) in [5, 5.41) is 3.51. The third-order valence-corrected chi connectivity index (χ3v) is 4.42. The van der Waals surface area contributed by atoms with E-state index >= 15 is 0 Å². The van der Waals surface area contributed by atoms with Crippen LogP contribution in [0.15, 0.2) is 17.0 Å². The van der Waals surface area contributed by atoms with Gasteiger partial charge in [0.1, 0.15) is 0 Å². The molecule has 0 aromatic heterocycles. The van der Waals surface area contributed by atoms with Gasteiger partial charge in [0, 0.05) is 24.5 Å². The van der Waals surface area contributed by atoms with Gasteiger partial charge in [-0.1, -0.05) is 13.8 Å². The zero-order valence-electron chi connectivity index (χ0n) is 13.9. The summed E-state index contributed by atoms with van der Waals surface area (Å²) in [5.74, 6) is 1.57. The molecule has 0 radical (unpaired) electrons. The van der Waals surface area contributed by atoms with Crippen molar-refractivity contribution in [3.05, 3.63) is 17.7 Å². The van der Waals surface area contributed by atoms with Gasteiger partial charge < -0.3 is 19.7 Å². The topological polar surface area (TPSA) is 33.7 Å². The molecular weight excluding hydrogens is 284 g/mol. The number of benzene rings is 1. The first-order valence-electron chi connectivity index (χ1n) is 7.42. The van der Waals surface area contributed by atoms with Crippen LogP contribution in [0.3, 0.4) is 0 Å². The molecule has 1 rings (SSSR count). The van der Waals surface area contributed by atoms with E-state index < -0.39 is 0 Å². The molecule has 5 heteroatoms. The summed E-state index contributed by atoms with van der Waals surface area (Å²) in [5.41, 5.74) is 1.25. The standard InChI is InChI=1S/C16H28N2O2S/c1-6-18(7-2)9-8-17-12-13-10-14(19-3)15(20-4)11-16(13)21-5/h10-11,17H,6-9,12H2,1-5H3. The summed E-state index contributed by atoms with van der Waals surface area (Å²) in [7, 11) is 3.35. The first-order chi connectivity index (χ1) is 10.2. The van der Waals surface area contributed by atoms with E-state index in [1.54, 1.807) is 26.0 Å². The Bertz CT molecular complexity index is 423.